The van der Waals surface area contributed by atoms with Gasteiger partial charge in [0.1, 0.15) is 0 Å². The van der Waals surface area contributed by atoms with E-state index in [0.717, 1.165) is 49.3 Å². The molecule has 164 valence electrons. The predicted octanol–water partition coefficient (Wildman–Crippen LogP) is 3.43. The molecule has 0 radical (unpaired) electrons. The van der Waals surface area contributed by atoms with Crippen LogP contribution in [-0.2, 0) is 4.79 Å². The van der Waals surface area contributed by atoms with Crippen molar-refractivity contribution in [1.29, 1.82) is 0 Å². The van der Waals surface area contributed by atoms with Crippen molar-refractivity contribution in [1.82, 2.24) is 14.8 Å². The lowest BCUT2D eigenvalue weighted by Crippen LogP contribution is -2.47. The minimum Gasteiger partial charge on any atom is -0.366 e. The van der Waals surface area contributed by atoms with Gasteiger partial charge >= 0.3 is 0 Å². The summed E-state index contributed by atoms with van der Waals surface area (Å²) in [6.07, 6.45) is 7.44. The molecule has 6 nitrogen and oxygen atoms in total. The van der Waals surface area contributed by atoms with Crippen molar-refractivity contribution in [3.05, 3.63) is 53.9 Å². The number of likely N-dealkylation sites (tertiary alicyclic amines) is 2. The molecule has 1 aromatic carbocycles. The maximum absolute atomic E-state index is 12.8. The second-order valence-electron chi connectivity index (χ2n) is 8.89. The number of nitrogens with two attached hydrogens (primary N) is 1. The van der Waals surface area contributed by atoms with Gasteiger partial charge in [-0.05, 0) is 62.9 Å². The number of piperidine rings is 2. The molecule has 2 aliphatic rings. The molecule has 0 spiro atoms. The van der Waals surface area contributed by atoms with Crippen molar-refractivity contribution in [3.63, 3.8) is 0 Å². The number of pyridine rings is 1. The molecule has 2 fully saturated rings. The summed E-state index contributed by atoms with van der Waals surface area (Å²) >= 11 is 0. The van der Waals surface area contributed by atoms with Crippen molar-refractivity contribution in [2.45, 2.75) is 51.0 Å². The van der Waals surface area contributed by atoms with Crippen LogP contribution < -0.4 is 5.73 Å². The molecule has 3 heterocycles. The monoisotopic (exact) mass is 420 g/mol. The first-order valence-corrected chi connectivity index (χ1v) is 11.4. The van der Waals surface area contributed by atoms with Crippen molar-refractivity contribution >= 4 is 11.8 Å². The first kappa shape index (κ1) is 21.5. The van der Waals surface area contributed by atoms with Crippen LogP contribution in [0, 0.1) is 0 Å². The highest BCUT2D eigenvalue weighted by Gasteiger charge is 2.27. The van der Waals surface area contributed by atoms with Crippen LogP contribution in [-0.4, -0.2) is 58.8 Å². The van der Waals surface area contributed by atoms with Gasteiger partial charge in [-0.1, -0.05) is 24.6 Å². The molecule has 31 heavy (non-hydrogen) atoms. The average Bonchev–Trinajstić information content (AvgIpc) is 2.81. The molecular weight excluding hydrogens is 388 g/mol. The molecular formula is C25H32N4O2. The van der Waals surface area contributed by atoms with Gasteiger partial charge in [-0.2, -0.15) is 0 Å². The van der Waals surface area contributed by atoms with Crippen LogP contribution in [0.3, 0.4) is 0 Å². The molecule has 0 saturated carbocycles. The van der Waals surface area contributed by atoms with Crippen molar-refractivity contribution < 1.29 is 9.59 Å². The fraction of sp³-hybridized carbons (Fsp3) is 0.480. The highest BCUT2D eigenvalue weighted by Crippen LogP contribution is 2.29. The number of aromatic nitrogens is 1. The minimum absolute atomic E-state index is 0.268. The maximum atomic E-state index is 12.8. The van der Waals surface area contributed by atoms with Crippen LogP contribution in [0.1, 0.15) is 61.0 Å². The molecule has 1 atom stereocenters. The molecule has 2 amide bonds. The second kappa shape index (κ2) is 9.60. The second-order valence-corrected chi connectivity index (χ2v) is 8.89. The summed E-state index contributed by atoms with van der Waals surface area (Å²) in [6.45, 7) is 5.44. The van der Waals surface area contributed by atoms with Gasteiger partial charge in [-0.15, -0.1) is 0 Å². The lowest BCUT2D eigenvalue weighted by molar-refractivity contribution is -0.134. The summed E-state index contributed by atoms with van der Waals surface area (Å²) < 4.78 is 0. The van der Waals surface area contributed by atoms with E-state index in [1.54, 1.807) is 12.1 Å². The van der Waals surface area contributed by atoms with Crippen molar-refractivity contribution in [2.75, 3.05) is 26.2 Å². The van der Waals surface area contributed by atoms with E-state index in [-0.39, 0.29) is 5.91 Å². The van der Waals surface area contributed by atoms with Gasteiger partial charge in [0.25, 0.3) is 0 Å². The summed E-state index contributed by atoms with van der Waals surface area (Å²) in [6, 6.07) is 11.9. The molecule has 2 N–H and O–H groups in total. The fourth-order valence-electron chi connectivity index (χ4n) is 4.76. The van der Waals surface area contributed by atoms with Crippen LogP contribution in [0.15, 0.2) is 42.6 Å². The maximum Gasteiger partial charge on any atom is 0.248 e. The van der Waals surface area contributed by atoms with Crippen LogP contribution in [0.25, 0.3) is 11.1 Å². The van der Waals surface area contributed by atoms with Gasteiger partial charge in [0, 0.05) is 48.1 Å². The van der Waals surface area contributed by atoms with Gasteiger partial charge < -0.3 is 10.6 Å². The number of benzene rings is 1. The Morgan fingerprint density at radius 1 is 1.03 bits per heavy atom. The zero-order valence-electron chi connectivity index (χ0n) is 18.3. The minimum atomic E-state index is -0.428. The average molecular weight is 421 g/mol. The first-order chi connectivity index (χ1) is 15.0. The summed E-state index contributed by atoms with van der Waals surface area (Å²) in [5.41, 5.74) is 8.86. The predicted molar refractivity (Wildman–Crippen MR) is 122 cm³/mol. The topological polar surface area (TPSA) is 79.5 Å². The number of carbonyl (C=O) groups excluding carboxylic acids is 2. The smallest absolute Gasteiger partial charge is 0.248 e. The molecule has 0 bridgehead atoms. The summed E-state index contributed by atoms with van der Waals surface area (Å²) in [7, 11) is 0. The van der Waals surface area contributed by atoms with Crippen molar-refractivity contribution in [3.8, 4) is 11.1 Å². The Balaban J connectivity index is 1.33. The summed E-state index contributed by atoms with van der Waals surface area (Å²) in [4.78, 5) is 33.3. The Labute approximate surface area is 184 Å². The third-order valence-corrected chi connectivity index (χ3v) is 6.81. The standard InChI is InChI=1S/C25H32N4O2/c1-18-5-2-3-12-29(18)17-24(30)28-13-10-19(11-14-28)23-9-8-22(16-27-23)20-6-4-7-21(15-20)25(26)31/h4,6-9,15-16,18-19H,2-3,5,10-14,17H2,1H3,(H2,26,31). The lowest BCUT2D eigenvalue weighted by atomic mass is 9.92. The molecule has 1 unspecified atom stereocenters. The Morgan fingerprint density at radius 3 is 2.52 bits per heavy atom. The normalized spacial score (nSPS) is 20.5. The number of rotatable bonds is 5. The van der Waals surface area contributed by atoms with Crippen LogP contribution in [0.5, 0.6) is 0 Å². The van der Waals surface area contributed by atoms with Crippen LogP contribution in [0.4, 0.5) is 0 Å². The van der Waals surface area contributed by atoms with Gasteiger partial charge in [0.2, 0.25) is 11.8 Å². The Bertz CT molecular complexity index is 919. The van der Waals surface area contributed by atoms with Gasteiger partial charge in [-0.25, -0.2) is 0 Å². The van der Waals surface area contributed by atoms with E-state index >= 15 is 0 Å². The molecule has 4 rings (SSSR count). The SMILES string of the molecule is CC1CCCCN1CC(=O)N1CCC(c2ccc(-c3cccc(C(N)=O)c3)cn2)CC1. The Morgan fingerprint density at radius 2 is 1.84 bits per heavy atom. The Hall–Kier alpha value is -2.73. The number of amides is 2. The third-order valence-electron chi connectivity index (χ3n) is 6.81. The molecule has 2 aromatic rings. The van der Waals surface area contributed by atoms with E-state index in [9.17, 15) is 9.59 Å². The molecule has 1 aromatic heterocycles. The van der Waals surface area contributed by atoms with Gasteiger partial charge in [0.05, 0.1) is 6.54 Å². The highest BCUT2D eigenvalue weighted by atomic mass is 16.2. The van der Waals surface area contributed by atoms with E-state index in [2.05, 4.69) is 24.0 Å². The zero-order valence-corrected chi connectivity index (χ0v) is 18.3. The van der Waals surface area contributed by atoms with E-state index in [1.807, 2.05) is 23.2 Å². The van der Waals surface area contributed by atoms with Crippen LogP contribution in [0.2, 0.25) is 0 Å². The largest absolute Gasteiger partial charge is 0.366 e. The lowest BCUT2D eigenvalue weighted by Gasteiger charge is -2.36. The molecule has 6 heteroatoms. The van der Waals surface area contributed by atoms with E-state index in [1.165, 1.54) is 19.3 Å². The number of nitrogens with zero attached hydrogens (tertiary/aromatic N) is 3. The van der Waals surface area contributed by atoms with Gasteiger partial charge in [0.15, 0.2) is 0 Å². The van der Waals surface area contributed by atoms with Gasteiger partial charge in [-0.3, -0.25) is 19.5 Å². The van der Waals surface area contributed by atoms with Crippen molar-refractivity contribution in [2.24, 2.45) is 5.73 Å². The van der Waals surface area contributed by atoms with E-state index in [4.69, 9.17) is 10.7 Å². The fourth-order valence-corrected chi connectivity index (χ4v) is 4.76. The number of carbonyl (C=O) groups is 2. The number of primary amides is 1. The highest BCUT2D eigenvalue weighted by molar-refractivity contribution is 5.94. The molecule has 2 saturated heterocycles. The summed E-state index contributed by atoms with van der Waals surface area (Å²) in [5, 5.41) is 0. The quantitative estimate of drug-likeness (QED) is 0.804. The van der Waals surface area contributed by atoms with Crippen LogP contribution >= 0.6 is 0 Å². The molecule has 2 aliphatic heterocycles. The Kier molecular flexibility index (Phi) is 6.66. The third kappa shape index (κ3) is 5.13. The van der Waals surface area contributed by atoms with E-state index in [0.29, 0.717) is 24.1 Å². The van der Waals surface area contributed by atoms with E-state index < -0.39 is 5.91 Å². The zero-order chi connectivity index (χ0) is 21.8. The first-order valence-electron chi connectivity index (χ1n) is 11.4. The number of hydrogen-bond donors (Lipinski definition) is 1. The summed E-state index contributed by atoms with van der Waals surface area (Å²) in [5.74, 6) is 0.219. The molecule has 0 aliphatic carbocycles. The number of hydrogen-bond acceptors (Lipinski definition) is 4.